The lowest BCUT2D eigenvalue weighted by molar-refractivity contribution is -0.0499. The molecule has 1 unspecified atom stereocenters. The van der Waals surface area contributed by atoms with Gasteiger partial charge in [-0.2, -0.15) is 8.78 Å². The zero-order chi connectivity index (χ0) is 14.6. The van der Waals surface area contributed by atoms with Crippen LogP contribution in [-0.4, -0.2) is 24.4 Å². The Hall–Kier alpha value is -1.20. The van der Waals surface area contributed by atoms with E-state index in [1.54, 1.807) is 12.1 Å². The van der Waals surface area contributed by atoms with Crippen LogP contribution < -0.4 is 10.1 Å². The van der Waals surface area contributed by atoms with Gasteiger partial charge in [0.15, 0.2) is 0 Å². The molecule has 0 bridgehead atoms. The first-order valence-corrected chi connectivity index (χ1v) is 6.97. The Morgan fingerprint density at radius 2 is 2.10 bits per heavy atom. The van der Waals surface area contributed by atoms with Crippen molar-refractivity contribution in [2.45, 2.75) is 50.8 Å². The van der Waals surface area contributed by atoms with Crippen molar-refractivity contribution in [1.82, 2.24) is 5.32 Å². The van der Waals surface area contributed by atoms with Gasteiger partial charge >= 0.3 is 6.61 Å². The summed E-state index contributed by atoms with van der Waals surface area (Å²) < 4.78 is 29.0. The van der Waals surface area contributed by atoms with Crippen LogP contribution in [0.25, 0.3) is 0 Å². The summed E-state index contributed by atoms with van der Waals surface area (Å²) in [5, 5.41) is 13.2. The van der Waals surface area contributed by atoms with Gasteiger partial charge in [0.25, 0.3) is 0 Å². The van der Waals surface area contributed by atoms with Crippen molar-refractivity contribution in [3.05, 3.63) is 29.8 Å². The maximum Gasteiger partial charge on any atom is 0.387 e. The van der Waals surface area contributed by atoms with Gasteiger partial charge in [-0.3, -0.25) is 0 Å². The van der Waals surface area contributed by atoms with E-state index >= 15 is 0 Å². The number of aliphatic hydroxyl groups excluding tert-OH is 1. The van der Waals surface area contributed by atoms with Crippen molar-refractivity contribution >= 4 is 0 Å². The average Bonchev–Trinajstić information content (AvgIpc) is 2.91. The highest BCUT2D eigenvalue weighted by Gasteiger charge is 2.30. The van der Waals surface area contributed by atoms with E-state index in [2.05, 4.69) is 10.1 Å². The minimum atomic E-state index is -2.84. The average molecular weight is 285 g/mol. The van der Waals surface area contributed by atoms with Gasteiger partial charge in [-0.1, -0.05) is 25.0 Å². The topological polar surface area (TPSA) is 41.5 Å². The molecule has 0 heterocycles. The van der Waals surface area contributed by atoms with Gasteiger partial charge in [0.2, 0.25) is 0 Å². The predicted octanol–water partition coefficient (Wildman–Crippen LogP) is 3.03. The Morgan fingerprint density at radius 1 is 1.40 bits per heavy atom. The number of nitrogens with one attached hydrogen (secondary N) is 1. The molecule has 2 N–H and O–H groups in total. The van der Waals surface area contributed by atoms with Crippen LogP contribution in [0.2, 0.25) is 0 Å². The van der Waals surface area contributed by atoms with E-state index in [1.165, 1.54) is 18.9 Å². The normalized spacial score (nSPS) is 19.2. The number of ether oxygens (including phenoxy) is 1. The molecule has 1 atom stereocenters. The molecule has 20 heavy (non-hydrogen) atoms. The molecule has 5 heteroatoms. The summed E-state index contributed by atoms with van der Waals surface area (Å²) in [7, 11) is 0. The van der Waals surface area contributed by atoms with E-state index in [9.17, 15) is 13.9 Å². The minimum Gasteiger partial charge on any atom is -0.435 e. The Bertz CT molecular complexity index is 436. The van der Waals surface area contributed by atoms with Crippen LogP contribution in [0.1, 0.15) is 38.2 Å². The van der Waals surface area contributed by atoms with Crippen LogP contribution >= 0.6 is 0 Å². The first-order valence-electron chi connectivity index (χ1n) is 6.97. The van der Waals surface area contributed by atoms with Crippen molar-refractivity contribution < 1.29 is 18.6 Å². The quantitative estimate of drug-likeness (QED) is 0.844. The lowest BCUT2D eigenvalue weighted by atomic mass is 9.91. The third kappa shape index (κ3) is 3.67. The molecule has 3 nitrogen and oxygen atoms in total. The second-order valence-corrected chi connectivity index (χ2v) is 5.52. The SMILES string of the molecule is CC(CO)(NC1CCCC1)c1cccc(OC(F)F)c1. The summed E-state index contributed by atoms with van der Waals surface area (Å²) in [6.45, 7) is -1.05. The maximum absolute atomic E-state index is 12.3. The first-order chi connectivity index (χ1) is 9.53. The van der Waals surface area contributed by atoms with Gasteiger partial charge in [-0.05, 0) is 37.5 Å². The maximum atomic E-state index is 12.3. The van der Waals surface area contributed by atoms with E-state index in [-0.39, 0.29) is 12.4 Å². The molecule has 0 aromatic heterocycles. The fourth-order valence-electron chi connectivity index (χ4n) is 2.76. The third-order valence-corrected chi connectivity index (χ3v) is 3.89. The van der Waals surface area contributed by atoms with Crippen molar-refractivity contribution in [2.75, 3.05) is 6.61 Å². The Kier molecular flexibility index (Phi) is 4.94. The molecule has 1 saturated carbocycles. The van der Waals surface area contributed by atoms with E-state index < -0.39 is 12.2 Å². The van der Waals surface area contributed by atoms with Crippen molar-refractivity contribution in [2.24, 2.45) is 0 Å². The summed E-state index contributed by atoms with van der Waals surface area (Å²) in [4.78, 5) is 0. The van der Waals surface area contributed by atoms with Gasteiger partial charge in [-0.25, -0.2) is 0 Å². The Morgan fingerprint density at radius 3 is 2.70 bits per heavy atom. The molecule has 2 rings (SSSR count). The Labute approximate surface area is 117 Å². The smallest absolute Gasteiger partial charge is 0.387 e. The fourth-order valence-corrected chi connectivity index (χ4v) is 2.76. The van der Waals surface area contributed by atoms with E-state index in [4.69, 9.17) is 0 Å². The van der Waals surface area contributed by atoms with Gasteiger partial charge < -0.3 is 15.2 Å². The molecule has 1 aromatic carbocycles. The summed E-state index contributed by atoms with van der Waals surface area (Å²) in [5.74, 6) is 0.116. The van der Waals surface area contributed by atoms with Gasteiger partial charge in [0, 0.05) is 6.04 Å². The molecule has 1 aliphatic carbocycles. The van der Waals surface area contributed by atoms with Crippen molar-refractivity contribution in [3.8, 4) is 5.75 Å². The number of alkyl halides is 2. The number of benzene rings is 1. The summed E-state index contributed by atoms with van der Waals surface area (Å²) >= 11 is 0. The largest absolute Gasteiger partial charge is 0.435 e. The van der Waals surface area contributed by atoms with E-state index in [1.807, 2.05) is 13.0 Å². The molecule has 1 aliphatic rings. The molecule has 112 valence electrons. The van der Waals surface area contributed by atoms with Crippen LogP contribution in [0.4, 0.5) is 8.78 Å². The van der Waals surface area contributed by atoms with Crippen molar-refractivity contribution in [1.29, 1.82) is 0 Å². The summed E-state index contributed by atoms with van der Waals surface area (Å²) in [6, 6.07) is 6.90. The number of hydrogen-bond acceptors (Lipinski definition) is 3. The second-order valence-electron chi connectivity index (χ2n) is 5.52. The highest BCUT2D eigenvalue weighted by atomic mass is 19.3. The van der Waals surface area contributed by atoms with Crippen LogP contribution in [0.3, 0.4) is 0 Å². The van der Waals surface area contributed by atoms with E-state index in [0.29, 0.717) is 6.04 Å². The number of aliphatic hydroxyl groups is 1. The molecular weight excluding hydrogens is 264 g/mol. The number of halogens is 2. The second kappa shape index (κ2) is 6.50. The van der Waals surface area contributed by atoms with Crippen LogP contribution in [-0.2, 0) is 5.54 Å². The van der Waals surface area contributed by atoms with Gasteiger partial charge in [-0.15, -0.1) is 0 Å². The summed E-state index contributed by atoms with van der Waals surface area (Å²) in [5.41, 5.74) is 0.112. The zero-order valence-electron chi connectivity index (χ0n) is 11.6. The molecule has 0 aliphatic heterocycles. The molecule has 1 fully saturated rings. The molecule has 1 aromatic rings. The van der Waals surface area contributed by atoms with Crippen LogP contribution in [0.15, 0.2) is 24.3 Å². The first kappa shape index (κ1) is 15.2. The van der Waals surface area contributed by atoms with Gasteiger partial charge in [0.1, 0.15) is 5.75 Å². The third-order valence-electron chi connectivity index (χ3n) is 3.89. The lowest BCUT2D eigenvalue weighted by Crippen LogP contribution is -2.47. The highest BCUT2D eigenvalue weighted by molar-refractivity contribution is 5.33. The molecule has 0 amide bonds. The lowest BCUT2D eigenvalue weighted by Gasteiger charge is -2.33. The zero-order valence-corrected chi connectivity index (χ0v) is 11.6. The minimum absolute atomic E-state index is 0.0956. The Balaban J connectivity index is 2.16. The molecule has 0 radical (unpaired) electrons. The number of hydrogen-bond donors (Lipinski definition) is 2. The molecule has 0 saturated heterocycles. The molecular formula is C15H21F2NO2. The van der Waals surface area contributed by atoms with Gasteiger partial charge in [0.05, 0.1) is 12.1 Å². The molecule has 0 spiro atoms. The highest BCUT2D eigenvalue weighted by Crippen LogP contribution is 2.28. The fraction of sp³-hybridized carbons (Fsp3) is 0.600. The van der Waals surface area contributed by atoms with Crippen LogP contribution in [0.5, 0.6) is 5.75 Å². The monoisotopic (exact) mass is 285 g/mol. The van der Waals surface area contributed by atoms with Crippen LogP contribution in [0, 0.1) is 0 Å². The predicted molar refractivity (Wildman–Crippen MR) is 72.9 cm³/mol. The standard InChI is InChI=1S/C15H21F2NO2/c1-15(10-19,18-12-6-2-3-7-12)11-5-4-8-13(9-11)20-14(16)17/h4-5,8-9,12,14,18-19H,2-3,6-7,10H2,1H3. The number of rotatable bonds is 6. The summed E-state index contributed by atoms with van der Waals surface area (Å²) in [6.07, 6.45) is 4.55. The van der Waals surface area contributed by atoms with Crippen molar-refractivity contribution in [3.63, 3.8) is 0 Å². The van der Waals surface area contributed by atoms with E-state index in [0.717, 1.165) is 18.4 Å².